The van der Waals surface area contributed by atoms with Crippen LogP contribution >= 0.6 is 0 Å². The highest BCUT2D eigenvalue weighted by atomic mass is 16.5. The fourth-order valence-corrected chi connectivity index (χ4v) is 4.50. The average Bonchev–Trinajstić information content (AvgIpc) is 3.17. The Morgan fingerprint density at radius 1 is 1.11 bits per heavy atom. The maximum atomic E-state index is 12.8. The van der Waals surface area contributed by atoms with Gasteiger partial charge in [0.25, 0.3) is 5.91 Å². The van der Waals surface area contributed by atoms with Gasteiger partial charge in [0.05, 0.1) is 32.0 Å². The topological polar surface area (TPSA) is 92.8 Å². The molecule has 2 N–H and O–H groups in total. The van der Waals surface area contributed by atoms with Crippen molar-refractivity contribution >= 4 is 34.8 Å². The van der Waals surface area contributed by atoms with E-state index < -0.39 is 0 Å². The molecule has 178 valence electrons. The number of carbonyl (C=O) groups excluding carboxylic acids is 2. The van der Waals surface area contributed by atoms with Crippen LogP contribution in [0.2, 0.25) is 0 Å². The number of rotatable bonds is 6. The molecule has 0 unspecified atom stereocenters. The highest BCUT2D eigenvalue weighted by Crippen LogP contribution is 2.35. The van der Waals surface area contributed by atoms with Crippen molar-refractivity contribution in [3.05, 3.63) is 77.1 Å². The zero-order chi connectivity index (χ0) is 24.4. The number of hydrogen-bond acceptors (Lipinski definition) is 6. The number of anilines is 2. The van der Waals surface area contributed by atoms with Gasteiger partial charge < -0.3 is 20.1 Å². The molecule has 3 heterocycles. The SMILES string of the molecule is COc1cc2c(cc1OC)CN(CC(=O)Nc1ccc3c(c1)/C(=C\c1ccccn1)C(=O)N3)CC2. The first-order valence-electron chi connectivity index (χ1n) is 11.4. The molecule has 0 fully saturated rings. The van der Waals surface area contributed by atoms with Gasteiger partial charge in [0.2, 0.25) is 5.91 Å². The molecule has 35 heavy (non-hydrogen) atoms. The number of pyridine rings is 1. The number of fused-ring (bicyclic) bond motifs is 2. The molecular formula is C27H26N4O4. The van der Waals surface area contributed by atoms with E-state index in [0.717, 1.165) is 29.8 Å². The van der Waals surface area contributed by atoms with Gasteiger partial charge in [-0.25, -0.2) is 0 Å². The van der Waals surface area contributed by atoms with Crippen LogP contribution in [-0.4, -0.2) is 49.0 Å². The molecule has 0 saturated heterocycles. The minimum absolute atomic E-state index is 0.110. The fourth-order valence-electron chi connectivity index (χ4n) is 4.50. The summed E-state index contributed by atoms with van der Waals surface area (Å²) in [5.74, 6) is 1.11. The van der Waals surface area contributed by atoms with Crippen LogP contribution in [0.25, 0.3) is 11.6 Å². The molecular weight excluding hydrogens is 444 g/mol. The van der Waals surface area contributed by atoms with Gasteiger partial charge in [-0.15, -0.1) is 0 Å². The van der Waals surface area contributed by atoms with E-state index in [1.54, 1.807) is 38.6 Å². The van der Waals surface area contributed by atoms with Crippen molar-refractivity contribution in [2.24, 2.45) is 0 Å². The number of nitrogens with one attached hydrogen (secondary N) is 2. The summed E-state index contributed by atoms with van der Waals surface area (Å²) in [4.78, 5) is 31.7. The predicted molar refractivity (Wildman–Crippen MR) is 134 cm³/mol. The maximum absolute atomic E-state index is 12.8. The number of ether oxygens (including phenoxy) is 2. The Balaban J connectivity index is 1.28. The Bertz CT molecular complexity index is 1320. The van der Waals surface area contributed by atoms with E-state index in [1.165, 1.54) is 5.56 Å². The lowest BCUT2D eigenvalue weighted by Crippen LogP contribution is -2.37. The highest BCUT2D eigenvalue weighted by molar-refractivity contribution is 6.35. The molecule has 1 aromatic heterocycles. The summed E-state index contributed by atoms with van der Waals surface area (Å²) in [5.41, 5.74) is 5.65. The molecule has 3 aromatic rings. The maximum Gasteiger partial charge on any atom is 0.256 e. The van der Waals surface area contributed by atoms with E-state index in [-0.39, 0.29) is 18.4 Å². The summed E-state index contributed by atoms with van der Waals surface area (Å²) in [6.45, 7) is 1.69. The second kappa shape index (κ2) is 9.60. The molecule has 0 spiro atoms. The van der Waals surface area contributed by atoms with Gasteiger partial charge in [-0.2, -0.15) is 0 Å². The Hall–Kier alpha value is -4.17. The molecule has 2 amide bonds. The number of benzene rings is 2. The van der Waals surface area contributed by atoms with E-state index in [2.05, 4.69) is 20.5 Å². The summed E-state index contributed by atoms with van der Waals surface area (Å²) in [6, 6.07) is 15.0. The molecule has 8 nitrogen and oxygen atoms in total. The molecule has 0 atom stereocenters. The number of methoxy groups -OCH3 is 2. The average molecular weight is 471 g/mol. The van der Waals surface area contributed by atoms with Crippen molar-refractivity contribution in [2.45, 2.75) is 13.0 Å². The van der Waals surface area contributed by atoms with Crippen molar-refractivity contribution in [3.63, 3.8) is 0 Å². The Morgan fingerprint density at radius 3 is 2.66 bits per heavy atom. The first kappa shape index (κ1) is 22.6. The summed E-state index contributed by atoms with van der Waals surface area (Å²) < 4.78 is 10.8. The second-order valence-electron chi connectivity index (χ2n) is 8.51. The molecule has 2 aliphatic rings. The first-order valence-corrected chi connectivity index (χ1v) is 11.4. The minimum atomic E-state index is -0.187. The smallest absolute Gasteiger partial charge is 0.256 e. The van der Waals surface area contributed by atoms with Gasteiger partial charge in [0.15, 0.2) is 11.5 Å². The molecule has 2 aliphatic heterocycles. The number of nitrogens with zero attached hydrogens (tertiary/aromatic N) is 2. The van der Waals surface area contributed by atoms with Crippen molar-refractivity contribution in [1.29, 1.82) is 0 Å². The van der Waals surface area contributed by atoms with Gasteiger partial charge in [0.1, 0.15) is 0 Å². The van der Waals surface area contributed by atoms with Crippen molar-refractivity contribution < 1.29 is 19.1 Å². The molecule has 0 radical (unpaired) electrons. The summed E-state index contributed by atoms with van der Waals surface area (Å²) in [6.07, 6.45) is 4.26. The standard InChI is InChI=1S/C27H26N4O4/c1-34-24-11-17-8-10-31(15-18(17)12-25(24)35-2)16-26(32)29-20-6-7-23-21(14-20)22(27(33)30-23)13-19-5-3-4-9-28-19/h3-7,9,11-14H,8,10,15-16H2,1-2H3,(H,29,32)(H,30,33)/b22-13+. The Kier molecular flexibility index (Phi) is 6.20. The fraction of sp³-hybridized carbons (Fsp3) is 0.222. The lowest BCUT2D eigenvalue weighted by atomic mass is 9.99. The number of aromatic nitrogens is 1. The van der Waals surface area contributed by atoms with Crippen LogP contribution in [-0.2, 0) is 22.6 Å². The largest absolute Gasteiger partial charge is 0.493 e. The van der Waals surface area contributed by atoms with Crippen LogP contribution in [0.5, 0.6) is 11.5 Å². The summed E-state index contributed by atoms with van der Waals surface area (Å²) in [7, 11) is 3.25. The minimum Gasteiger partial charge on any atom is -0.493 e. The lowest BCUT2D eigenvalue weighted by molar-refractivity contribution is -0.117. The molecule has 8 heteroatoms. The van der Waals surface area contributed by atoms with E-state index in [1.807, 2.05) is 36.4 Å². The molecule has 2 aromatic carbocycles. The van der Waals surface area contributed by atoms with Crippen LogP contribution in [0.3, 0.4) is 0 Å². The second-order valence-corrected chi connectivity index (χ2v) is 8.51. The van der Waals surface area contributed by atoms with Crippen LogP contribution in [0, 0.1) is 0 Å². The number of amides is 2. The van der Waals surface area contributed by atoms with E-state index >= 15 is 0 Å². The summed E-state index contributed by atoms with van der Waals surface area (Å²) in [5, 5.41) is 5.84. The van der Waals surface area contributed by atoms with Gasteiger partial charge in [-0.1, -0.05) is 6.07 Å². The molecule has 5 rings (SSSR count). The third-order valence-corrected chi connectivity index (χ3v) is 6.23. The quantitative estimate of drug-likeness (QED) is 0.535. The van der Waals surface area contributed by atoms with Gasteiger partial charge >= 0.3 is 0 Å². The van der Waals surface area contributed by atoms with E-state index in [0.29, 0.717) is 34.9 Å². The highest BCUT2D eigenvalue weighted by Gasteiger charge is 2.25. The van der Waals surface area contributed by atoms with Crippen LogP contribution in [0.4, 0.5) is 11.4 Å². The monoisotopic (exact) mass is 470 g/mol. The van der Waals surface area contributed by atoms with Crippen molar-refractivity contribution in [3.8, 4) is 11.5 Å². The Labute approximate surface area is 203 Å². The van der Waals surface area contributed by atoms with E-state index in [9.17, 15) is 9.59 Å². The first-order chi connectivity index (χ1) is 17.0. The summed E-state index contributed by atoms with van der Waals surface area (Å²) >= 11 is 0. The predicted octanol–water partition coefficient (Wildman–Crippen LogP) is 3.59. The third kappa shape index (κ3) is 4.74. The van der Waals surface area contributed by atoms with Crippen molar-refractivity contribution in [1.82, 2.24) is 9.88 Å². The van der Waals surface area contributed by atoms with Crippen LogP contribution in [0.15, 0.2) is 54.7 Å². The molecule has 0 saturated carbocycles. The third-order valence-electron chi connectivity index (χ3n) is 6.23. The van der Waals surface area contributed by atoms with Crippen LogP contribution < -0.4 is 20.1 Å². The number of hydrogen-bond donors (Lipinski definition) is 2. The lowest BCUT2D eigenvalue weighted by Gasteiger charge is -2.29. The zero-order valence-electron chi connectivity index (χ0n) is 19.6. The zero-order valence-corrected chi connectivity index (χ0v) is 19.6. The van der Waals surface area contributed by atoms with E-state index in [4.69, 9.17) is 9.47 Å². The van der Waals surface area contributed by atoms with Gasteiger partial charge in [0, 0.05) is 36.2 Å². The molecule has 0 aliphatic carbocycles. The van der Waals surface area contributed by atoms with Gasteiger partial charge in [-0.05, 0) is 66.1 Å². The van der Waals surface area contributed by atoms with Crippen molar-refractivity contribution in [2.75, 3.05) is 37.9 Å². The van der Waals surface area contributed by atoms with Crippen LogP contribution in [0.1, 0.15) is 22.4 Å². The normalized spacial score (nSPS) is 15.8. The number of carbonyl (C=O) groups is 2. The molecule has 0 bridgehead atoms. The Morgan fingerprint density at radius 2 is 1.91 bits per heavy atom. The van der Waals surface area contributed by atoms with Gasteiger partial charge in [-0.3, -0.25) is 19.5 Å².